The number of nitriles is 1. The van der Waals surface area contributed by atoms with Crippen LogP contribution in [0.1, 0.15) is 45.4 Å². The van der Waals surface area contributed by atoms with Crippen molar-refractivity contribution < 1.29 is 28.5 Å². The van der Waals surface area contributed by atoms with Gasteiger partial charge < -0.3 is 29.4 Å². The Bertz CT molecular complexity index is 1180. The van der Waals surface area contributed by atoms with Crippen LogP contribution in [0.15, 0.2) is 18.5 Å². The maximum atomic E-state index is 12.4. The highest BCUT2D eigenvalue weighted by molar-refractivity contribution is 5.65. The van der Waals surface area contributed by atoms with Crippen LogP contribution in [0.25, 0.3) is 5.52 Å². The molecule has 0 spiro atoms. The lowest BCUT2D eigenvalue weighted by Gasteiger charge is -2.28. The molecule has 0 bridgehead atoms. The molecule has 2 N–H and O–H groups in total. The molecule has 0 aromatic carbocycles. The van der Waals surface area contributed by atoms with Crippen LogP contribution in [0.2, 0.25) is 0 Å². The van der Waals surface area contributed by atoms with E-state index in [1.165, 1.54) is 6.33 Å². The molecule has 4 heterocycles. The second-order valence-electron chi connectivity index (χ2n) is 10.2. The van der Waals surface area contributed by atoms with Gasteiger partial charge in [0.2, 0.25) is 5.60 Å². The Morgan fingerprint density at radius 2 is 2.06 bits per heavy atom. The molecule has 2 unspecified atom stereocenters. The SMILES string of the molecule is CC1[C@H]2CC(OC(=O)OC[C@@]3(C#N)O[C@@H](c4ccc5c(N)ncnn45)[C@@H]4OC(C)(C)O[C@@H]43)C[C@@H]12. The molecule has 4 fully saturated rings. The monoisotopic (exact) mass is 469 g/mol. The van der Waals surface area contributed by atoms with Gasteiger partial charge in [0, 0.05) is 0 Å². The maximum absolute atomic E-state index is 12.4. The van der Waals surface area contributed by atoms with Crippen LogP contribution < -0.4 is 5.73 Å². The lowest BCUT2D eigenvalue weighted by molar-refractivity contribution is -0.206. The summed E-state index contributed by atoms with van der Waals surface area (Å²) in [4.78, 5) is 16.5. The first kappa shape index (κ1) is 21.6. The minimum atomic E-state index is -1.59. The molecule has 4 aliphatic rings. The fourth-order valence-electron chi connectivity index (χ4n) is 5.94. The fourth-order valence-corrected chi connectivity index (χ4v) is 5.94. The molecule has 6 rings (SSSR count). The van der Waals surface area contributed by atoms with Crippen molar-refractivity contribution in [1.82, 2.24) is 14.6 Å². The quantitative estimate of drug-likeness (QED) is 0.663. The van der Waals surface area contributed by atoms with Crippen molar-refractivity contribution in [2.24, 2.45) is 17.8 Å². The number of hydrogen-bond donors (Lipinski definition) is 1. The van der Waals surface area contributed by atoms with Crippen LogP contribution in [-0.4, -0.2) is 57.1 Å². The Morgan fingerprint density at radius 3 is 2.79 bits per heavy atom. The van der Waals surface area contributed by atoms with Crippen molar-refractivity contribution in [2.45, 2.75) is 69.4 Å². The summed E-state index contributed by atoms with van der Waals surface area (Å²) in [5.41, 5.74) is 5.62. The van der Waals surface area contributed by atoms with E-state index in [9.17, 15) is 10.1 Å². The highest BCUT2D eigenvalue weighted by atomic mass is 16.8. The molecule has 2 saturated carbocycles. The van der Waals surface area contributed by atoms with E-state index in [1.807, 2.05) is 0 Å². The van der Waals surface area contributed by atoms with Gasteiger partial charge in [-0.05, 0) is 56.6 Å². The van der Waals surface area contributed by atoms with Crippen molar-refractivity contribution in [3.8, 4) is 6.07 Å². The summed E-state index contributed by atoms with van der Waals surface area (Å²) in [5, 5.41) is 14.5. The fraction of sp³-hybridized carbons (Fsp3) is 0.652. The Labute approximate surface area is 196 Å². The molecule has 0 amide bonds. The van der Waals surface area contributed by atoms with E-state index in [-0.39, 0.29) is 12.7 Å². The molecule has 2 aromatic heterocycles. The highest BCUT2D eigenvalue weighted by Gasteiger charge is 2.65. The molecule has 34 heavy (non-hydrogen) atoms. The van der Waals surface area contributed by atoms with Gasteiger partial charge in [-0.1, -0.05) is 6.92 Å². The van der Waals surface area contributed by atoms with Gasteiger partial charge in [0.15, 0.2) is 11.6 Å². The Balaban J connectivity index is 1.23. The summed E-state index contributed by atoms with van der Waals surface area (Å²) in [5.74, 6) is 1.36. The van der Waals surface area contributed by atoms with E-state index in [4.69, 9.17) is 29.4 Å². The summed E-state index contributed by atoms with van der Waals surface area (Å²) < 4.78 is 31.0. The molecule has 8 atom stereocenters. The van der Waals surface area contributed by atoms with Gasteiger partial charge in [0.05, 0.1) is 5.69 Å². The number of nitrogens with zero attached hydrogens (tertiary/aromatic N) is 4. The number of nitrogens with two attached hydrogens (primary N) is 1. The van der Waals surface area contributed by atoms with Crippen LogP contribution in [0, 0.1) is 29.1 Å². The van der Waals surface area contributed by atoms with Crippen LogP contribution in [0.5, 0.6) is 0 Å². The third kappa shape index (κ3) is 3.24. The largest absolute Gasteiger partial charge is 0.508 e. The second-order valence-corrected chi connectivity index (χ2v) is 10.2. The molecule has 11 heteroatoms. The van der Waals surface area contributed by atoms with Crippen molar-refractivity contribution in [3.05, 3.63) is 24.2 Å². The van der Waals surface area contributed by atoms with Crippen molar-refractivity contribution in [3.63, 3.8) is 0 Å². The molecule has 11 nitrogen and oxygen atoms in total. The van der Waals surface area contributed by atoms with Crippen LogP contribution in [0.3, 0.4) is 0 Å². The summed E-state index contributed by atoms with van der Waals surface area (Å²) in [6, 6.07) is 5.75. The van der Waals surface area contributed by atoms with E-state index >= 15 is 0 Å². The third-order valence-corrected chi connectivity index (χ3v) is 7.71. The summed E-state index contributed by atoms with van der Waals surface area (Å²) in [7, 11) is 0. The van der Waals surface area contributed by atoms with E-state index in [0.717, 1.165) is 12.8 Å². The molecule has 180 valence electrons. The zero-order valence-electron chi connectivity index (χ0n) is 19.2. The molecule has 2 saturated heterocycles. The zero-order chi connectivity index (χ0) is 23.8. The smallest absolute Gasteiger partial charge is 0.431 e. The van der Waals surface area contributed by atoms with Gasteiger partial charge in [-0.2, -0.15) is 10.4 Å². The number of nitrogen functional groups attached to an aromatic ring is 1. The van der Waals surface area contributed by atoms with Crippen molar-refractivity contribution in [1.29, 1.82) is 5.26 Å². The summed E-state index contributed by atoms with van der Waals surface area (Å²) >= 11 is 0. The van der Waals surface area contributed by atoms with Gasteiger partial charge >= 0.3 is 6.16 Å². The Hall–Kier alpha value is -2.94. The van der Waals surface area contributed by atoms with Crippen LogP contribution in [-0.2, 0) is 23.7 Å². The van der Waals surface area contributed by atoms with Crippen molar-refractivity contribution in [2.75, 3.05) is 12.3 Å². The average molecular weight is 469 g/mol. The lowest BCUT2D eigenvalue weighted by Crippen LogP contribution is -2.46. The number of hydrogen-bond acceptors (Lipinski definition) is 10. The van der Waals surface area contributed by atoms with E-state index < -0.39 is 35.9 Å². The maximum Gasteiger partial charge on any atom is 0.508 e. The lowest BCUT2D eigenvalue weighted by atomic mass is 9.96. The topological polar surface area (TPSA) is 143 Å². The first-order valence-electron chi connectivity index (χ1n) is 11.6. The molecule has 0 radical (unpaired) electrons. The Morgan fingerprint density at radius 1 is 1.29 bits per heavy atom. The number of carbonyl (C=O) groups is 1. The molecule has 2 aliphatic heterocycles. The number of anilines is 1. The second kappa shape index (κ2) is 7.28. The predicted octanol–water partition coefficient (Wildman–Crippen LogP) is 2.36. The van der Waals surface area contributed by atoms with Gasteiger partial charge in [0.1, 0.15) is 48.9 Å². The van der Waals surface area contributed by atoms with E-state index in [0.29, 0.717) is 34.8 Å². The molecule has 2 aromatic rings. The minimum absolute atomic E-state index is 0.135. The standard InChI is InChI=1S/C23H27N5O6/c1-11-13-6-12(7-14(11)13)31-21(29)30-9-23(8-24)19-18(32-22(2,3)34-19)17(33-23)15-4-5-16-20(25)26-10-27-28(15)16/h4-5,10-14,17-19H,6-7,9H2,1-3H3,(H2,25,26,27)/t11?,12?,13-,14+,17-,18-,19-,23+/m0/s1. The normalized spacial score (nSPS) is 39.4. The van der Waals surface area contributed by atoms with Gasteiger partial charge in [-0.3, -0.25) is 0 Å². The van der Waals surface area contributed by atoms with Crippen molar-refractivity contribution >= 4 is 17.5 Å². The number of rotatable bonds is 4. The third-order valence-electron chi connectivity index (χ3n) is 7.71. The van der Waals surface area contributed by atoms with Gasteiger partial charge in [-0.15, -0.1) is 0 Å². The van der Waals surface area contributed by atoms with Crippen LogP contribution >= 0.6 is 0 Å². The first-order valence-corrected chi connectivity index (χ1v) is 11.6. The number of fused-ring (bicyclic) bond motifs is 3. The van der Waals surface area contributed by atoms with Gasteiger partial charge in [-0.25, -0.2) is 14.3 Å². The average Bonchev–Trinajstić information content (AvgIpc) is 3.29. The molecular weight excluding hydrogens is 442 g/mol. The van der Waals surface area contributed by atoms with Gasteiger partial charge in [0.25, 0.3) is 0 Å². The predicted molar refractivity (Wildman–Crippen MR) is 115 cm³/mol. The van der Waals surface area contributed by atoms with E-state index in [2.05, 4.69) is 23.1 Å². The number of carbonyl (C=O) groups excluding carboxylic acids is 1. The molecular formula is C23H27N5O6. The summed E-state index contributed by atoms with van der Waals surface area (Å²) in [6.45, 7) is 5.41. The van der Waals surface area contributed by atoms with Crippen LogP contribution in [0.4, 0.5) is 10.6 Å². The zero-order valence-corrected chi connectivity index (χ0v) is 19.2. The van der Waals surface area contributed by atoms with E-state index in [1.54, 1.807) is 30.5 Å². The number of ether oxygens (including phenoxy) is 5. The minimum Gasteiger partial charge on any atom is -0.431 e. The first-order chi connectivity index (χ1) is 16.2. The summed E-state index contributed by atoms with van der Waals surface area (Å²) in [6.07, 6.45) is -0.00419. The number of aromatic nitrogens is 3. The highest BCUT2D eigenvalue weighted by Crippen LogP contribution is 2.58. The molecule has 2 aliphatic carbocycles. The Kier molecular flexibility index (Phi) is 4.62.